The van der Waals surface area contributed by atoms with Crippen molar-refractivity contribution >= 4 is 0 Å². The largest absolute Gasteiger partial charge is 1.00 e. The second-order valence-electron chi connectivity index (χ2n) is 7.98. The Morgan fingerprint density at radius 1 is 1.10 bits per heavy atom. The number of unbranched alkanes of at least 4 members (excludes halogenated alkanes) is 2. The normalized spacial score (nSPS) is 11.2. The molecule has 2 N–H and O–H groups in total. The van der Waals surface area contributed by atoms with Gasteiger partial charge < -0.3 is 11.3 Å². The maximum absolute atomic E-state index is 10.5. The Bertz CT molecular complexity index is 905. The Hall–Kier alpha value is -1.89. The second kappa shape index (κ2) is 11.5. The van der Waals surface area contributed by atoms with E-state index < -0.39 is 0 Å². The first-order valence-electron chi connectivity index (χ1n) is 10.3. The molecular weight excluding hydrogens is 387 g/mol. The first-order chi connectivity index (χ1) is 14.0. The van der Waals surface area contributed by atoms with E-state index in [9.17, 15) is 5.11 Å². The Morgan fingerprint density at radius 3 is 2.53 bits per heavy atom. The van der Waals surface area contributed by atoms with Crippen LogP contribution in [-0.4, -0.2) is 32.3 Å². The summed E-state index contributed by atoms with van der Waals surface area (Å²) in [6.45, 7) is 7.02. The zero-order valence-corrected chi connectivity index (χ0v) is 20.5. The van der Waals surface area contributed by atoms with Crippen molar-refractivity contribution in [1.82, 2.24) is 20.6 Å². The maximum Gasteiger partial charge on any atom is 1.00 e. The molecule has 0 bridgehead atoms. The number of aromatic amines is 1. The topological polar surface area (TPSA) is 83.9 Å². The molecule has 1 heterocycles. The van der Waals surface area contributed by atoms with Gasteiger partial charge in [0.2, 0.25) is 0 Å². The third-order valence-electron chi connectivity index (χ3n) is 5.30. The molecule has 0 atom stereocenters. The minimum absolute atomic E-state index is 0. The number of aromatic nitrogens is 4. The molecule has 2 aromatic carbocycles. The number of H-pyrrole nitrogens is 1. The summed E-state index contributed by atoms with van der Waals surface area (Å²) in [6, 6.07) is 13.7. The first kappa shape index (κ1) is 24.4. The van der Waals surface area contributed by atoms with Crippen molar-refractivity contribution in [1.29, 1.82) is 0 Å². The average molecular weight is 419 g/mol. The molecule has 3 aromatic rings. The van der Waals surface area contributed by atoms with Gasteiger partial charge in [0.1, 0.15) is 11.5 Å². The van der Waals surface area contributed by atoms with Gasteiger partial charge in [-0.25, -0.2) is 0 Å². The van der Waals surface area contributed by atoms with E-state index >= 15 is 0 Å². The molecule has 0 aliphatic carbocycles. The van der Waals surface area contributed by atoms with Crippen LogP contribution >= 0.6 is 0 Å². The van der Waals surface area contributed by atoms with Crippen molar-refractivity contribution in [2.45, 2.75) is 58.3 Å². The molecule has 0 spiro atoms. The quantitative estimate of drug-likeness (QED) is 0.389. The Balaban J connectivity index is 0.00000240. The summed E-state index contributed by atoms with van der Waals surface area (Å²) >= 11 is 0. The van der Waals surface area contributed by atoms with E-state index in [4.69, 9.17) is 4.74 Å². The van der Waals surface area contributed by atoms with Crippen LogP contribution in [0.3, 0.4) is 0 Å². The minimum Gasteiger partial charge on any atom is -1.00 e. The number of hydrogen-bond donors (Lipinski definition) is 2. The van der Waals surface area contributed by atoms with Gasteiger partial charge in [0.05, 0.1) is 6.61 Å². The number of phenolic OH excluding ortho intramolecular Hbond substituents is 1. The fourth-order valence-corrected chi connectivity index (χ4v) is 3.46. The molecule has 0 saturated heterocycles. The van der Waals surface area contributed by atoms with Gasteiger partial charge in [-0.2, -0.15) is 5.21 Å². The molecule has 6 nitrogen and oxygen atoms in total. The van der Waals surface area contributed by atoms with Crippen LogP contribution in [0.4, 0.5) is 0 Å². The second-order valence-corrected chi connectivity index (χ2v) is 7.98. The van der Waals surface area contributed by atoms with E-state index in [-0.39, 0.29) is 42.1 Å². The van der Waals surface area contributed by atoms with E-state index in [2.05, 4.69) is 41.4 Å². The average Bonchev–Trinajstić information content (AvgIpc) is 3.27. The van der Waals surface area contributed by atoms with Crippen LogP contribution in [0, 0.1) is 0 Å². The van der Waals surface area contributed by atoms with Crippen molar-refractivity contribution in [2.75, 3.05) is 6.61 Å². The van der Waals surface area contributed by atoms with Crippen LogP contribution in [0.2, 0.25) is 0 Å². The molecule has 0 aliphatic rings. The van der Waals surface area contributed by atoms with E-state index in [1.807, 2.05) is 36.4 Å². The fourth-order valence-electron chi connectivity index (χ4n) is 3.46. The number of phenols is 1. The Kier molecular flexibility index (Phi) is 9.34. The third-order valence-corrected chi connectivity index (χ3v) is 5.30. The number of aryl methyl sites for hydroxylation is 1. The Morgan fingerprint density at radius 2 is 1.87 bits per heavy atom. The number of aromatic hydroxyl groups is 1. The van der Waals surface area contributed by atoms with Crippen molar-refractivity contribution < 1.29 is 40.8 Å². The van der Waals surface area contributed by atoms with Crippen molar-refractivity contribution in [3.05, 3.63) is 53.9 Å². The summed E-state index contributed by atoms with van der Waals surface area (Å²) in [4.78, 5) is 0. The molecule has 30 heavy (non-hydrogen) atoms. The molecule has 156 valence electrons. The van der Waals surface area contributed by atoms with Gasteiger partial charge in [-0.3, -0.25) is 0 Å². The van der Waals surface area contributed by atoms with Gasteiger partial charge in [-0.05, 0) is 36.5 Å². The molecule has 1 aromatic heterocycles. The third kappa shape index (κ3) is 6.30. The van der Waals surface area contributed by atoms with Crippen LogP contribution in [0.25, 0.3) is 11.1 Å². The predicted octanol–water partition coefficient (Wildman–Crippen LogP) is 2.17. The summed E-state index contributed by atoms with van der Waals surface area (Å²) in [7, 11) is 0. The van der Waals surface area contributed by atoms with E-state index in [1.165, 1.54) is 0 Å². The molecule has 0 unspecified atom stereocenters. The molecule has 0 radical (unpaired) electrons. The van der Waals surface area contributed by atoms with Crippen LogP contribution in [0.1, 0.15) is 59.3 Å². The van der Waals surface area contributed by atoms with Crippen LogP contribution < -0.4 is 34.3 Å². The van der Waals surface area contributed by atoms with E-state index in [0.29, 0.717) is 6.61 Å². The van der Waals surface area contributed by atoms with Crippen LogP contribution in [0.15, 0.2) is 42.5 Å². The van der Waals surface area contributed by atoms with E-state index in [1.54, 1.807) is 6.07 Å². The molecule has 0 amide bonds. The maximum atomic E-state index is 10.5. The van der Waals surface area contributed by atoms with Crippen LogP contribution in [-0.2, 0) is 11.8 Å². The molecule has 0 aliphatic heterocycles. The number of hydrogen-bond acceptors (Lipinski definition) is 5. The van der Waals surface area contributed by atoms with Crippen molar-refractivity contribution in [3.8, 4) is 22.6 Å². The summed E-state index contributed by atoms with van der Waals surface area (Å²) in [6.07, 6.45) is 4.96. The number of nitrogens with zero attached hydrogens (tertiary/aromatic N) is 3. The molecular formula is C23H31N4NaO2. The van der Waals surface area contributed by atoms with E-state index in [0.717, 1.165) is 60.4 Å². The SMILES string of the molecule is CCc1cc(-c2ccccc2)c(O)cc1OCCCCCC(C)(C)c1nn[nH]n1.[H-].[Na+]. The smallest absolute Gasteiger partial charge is 1.00 e. The predicted molar refractivity (Wildman–Crippen MR) is 115 cm³/mol. The van der Waals surface area contributed by atoms with Gasteiger partial charge in [0.25, 0.3) is 0 Å². The number of nitrogens with one attached hydrogen (secondary N) is 1. The molecule has 0 saturated carbocycles. The minimum atomic E-state index is -0.0811. The van der Waals surface area contributed by atoms with Crippen molar-refractivity contribution in [2.24, 2.45) is 0 Å². The molecule has 7 heteroatoms. The monoisotopic (exact) mass is 418 g/mol. The summed E-state index contributed by atoms with van der Waals surface area (Å²) < 4.78 is 6.00. The van der Waals surface area contributed by atoms with Crippen LogP contribution in [0.5, 0.6) is 11.5 Å². The van der Waals surface area contributed by atoms with Gasteiger partial charge in [0, 0.05) is 17.0 Å². The van der Waals surface area contributed by atoms with Crippen molar-refractivity contribution in [3.63, 3.8) is 0 Å². The standard InChI is InChI=1S/C23H30N4O2.Na.H/c1-4-17-15-19(18-11-7-5-8-12-18)20(28)16-21(17)29-14-10-6-9-13-23(2,3)22-24-26-27-25-22;;/h5,7-8,11-12,15-16,28H,4,6,9-10,13-14H2,1-3H3,(H,24,25,26,27);;/q;+1;-1. The number of benzene rings is 2. The fraction of sp³-hybridized carbons (Fsp3) is 0.435. The molecule has 0 fully saturated rings. The van der Waals surface area contributed by atoms with Gasteiger partial charge >= 0.3 is 29.6 Å². The number of ether oxygens (including phenoxy) is 1. The summed E-state index contributed by atoms with van der Waals surface area (Å²) in [5.41, 5.74) is 2.89. The van der Waals surface area contributed by atoms with Gasteiger partial charge in [-0.15, -0.1) is 10.2 Å². The first-order valence-corrected chi connectivity index (χ1v) is 10.3. The van der Waals surface area contributed by atoms with Gasteiger partial charge in [-0.1, -0.05) is 69.2 Å². The Labute approximate surface area is 202 Å². The molecule has 3 rings (SSSR count). The van der Waals surface area contributed by atoms with Gasteiger partial charge in [0.15, 0.2) is 5.82 Å². The number of rotatable bonds is 10. The zero-order chi connectivity index (χ0) is 20.7. The summed E-state index contributed by atoms with van der Waals surface area (Å²) in [5, 5.41) is 24.9. The zero-order valence-electron chi connectivity index (χ0n) is 19.5. The number of tetrazole rings is 1. The summed E-state index contributed by atoms with van der Waals surface area (Å²) in [5.74, 6) is 1.79.